The maximum atomic E-state index is 12.1. The van der Waals surface area contributed by atoms with Gasteiger partial charge in [-0.15, -0.1) is 0 Å². The number of carbonyl (C=O) groups is 1. The van der Waals surface area contributed by atoms with Crippen molar-refractivity contribution in [3.63, 3.8) is 0 Å². The van der Waals surface area contributed by atoms with Crippen LogP contribution in [0, 0.1) is 23.2 Å². The summed E-state index contributed by atoms with van der Waals surface area (Å²) in [4.78, 5) is 23.7. The molecule has 0 radical (unpaired) electrons. The number of pyridine rings is 2. The number of H-pyrrole nitrogens is 1. The fraction of sp³-hybridized carbons (Fsp3) is 0.176. The molecule has 7 heteroatoms. The van der Waals surface area contributed by atoms with Crippen LogP contribution in [0.1, 0.15) is 6.42 Å². The molecule has 1 amide bonds. The third-order valence-corrected chi connectivity index (χ3v) is 4.18. The first kappa shape index (κ1) is 14.2. The number of nitrogens with one attached hydrogen (secondary N) is 2. The number of carbonyl (C=O) groups excluding carboxylic acids is 1. The van der Waals surface area contributed by atoms with E-state index >= 15 is 0 Å². The first-order chi connectivity index (χ1) is 11.7. The minimum atomic E-state index is -0.231. The number of nitrogens with zero attached hydrogens (tertiary/aromatic N) is 3. The van der Waals surface area contributed by atoms with Gasteiger partial charge in [0.25, 0.3) is 0 Å². The van der Waals surface area contributed by atoms with E-state index < -0.39 is 0 Å². The molecule has 1 aliphatic rings. The largest absolute Gasteiger partial charge is 0.383 e. The molecule has 1 saturated carbocycles. The van der Waals surface area contributed by atoms with E-state index in [1.165, 1.54) is 0 Å². The Bertz CT molecular complexity index is 973. The second-order valence-corrected chi connectivity index (χ2v) is 5.85. The smallest absolute Gasteiger partial charge is 0.230 e. The Balaban J connectivity index is 1.67. The van der Waals surface area contributed by atoms with Gasteiger partial charge in [0.1, 0.15) is 11.6 Å². The lowest BCUT2D eigenvalue weighted by atomic mass is 10.1. The summed E-state index contributed by atoms with van der Waals surface area (Å²) in [6.45, 7) is 0. The summed E-state index contributed by atoms with van der Waals surface area (Å²) in [5.74, 6) is 0.264. The molecule has 2 atom stereocenters. The number of hydrogen-bond donors (Lipinski definition) is 3. The SMILES string of the molecule is N#C[C@H]1CC1C(=O)Nc1cc2cc(-c3cc[nH]c3)nc(N)c2cn1. The summed E-state index contributed by atoms with van der Waals surface area (Å²) >= 11 is 0. The van der Waals surface area contributed by atoms with Gasteiger partial charge in [0.2, 0.25) is 5.91 Å². The van der Waals surface area contributed by atoms with Crippen LogP contribution in [0.5, 0.6) is 0 Å². The van der Waals surface area contributed by atoms with E-state index in [4.69, 9.17) is 11.0 Å². The zero-order chi connectivity index (χ0) is 16.7. The molecule has 1 unspecified atom stereocenters. The number of aromatic nitrogens is 3. The van der Waals surface area contributed by atoms with E-state index in [-0.39, 0.29) is 17.7 Å². The van der Waals surface area contributed by atoms with Crippen molar-refractivity contribution in [1.82, 2.24) is 15.0 Å². The monoisotopic (exact) mass is 318 g/mol. The van der Waals surface area contributed by atoms with Crippen LogP contribution in [-0.4, -0.2) is 20.9 Å². The van der Waals surface area contributed by atoms with Crippen LogP contribution in [0.2, 0.25) is 0 Å². The van der Waals surface area contributed by atoms with Crippen molar-refractivity contribution in [1.29, 1.82) is 5.26 Å². The molecule has 0 saturated heterocycles. The summed E-state index contributed by atoms with van der Waals surface area (Å²) < 4.78 is 0. The van der Waals surface area contributed by atoms with E-state index in [2.05, 4.69) is 26.3 Å². The molecule has 3 aromatic heterocycles. The predicted molar refractivity (Wildman–Crippen MR) is 89.6 cm³/mol. The lowest BCUT2D eigenvalue weighted by Crippen LogP contribution is -2.15. The molecule has 1 fully saturated rings. The molecule has 0 spiro atoms. The second kappa shape index (κ2) is 5.35. The highest BCUT2D eigenvalue weighted by molar-refractivity contribution is 5.98. The van der Waals surface area contributed by atoms with Crippen LogP contribution < -0.4 is 11.1 Å². The Labute approximate surface area is 137 Å². The third kappa shape index (κ3) is 2.44. The van der Waals surface area contributed by atoms with E-state index in [1.807, 2.05) is 24.5 Å². The Kier molecular flexibility index (Phi) is 3.17. The summed E-state index contributed by atoms with van der Waals surface area (Å²) in [5.41, 5.74) is 7.70. The molecule has 24 heavy (non-hydrogen) atoms. The van der Waals surface area contributed by atoms with Gasteiger partial charge in [-0.3, -0.25) is 4.79 Å². The van der Waals surface area contributed by atoms with Gasteiger partial charge in [0.15, 0.2) is 0 Å². The molecule has 0 bridgehead atoms. The van der Waals surface area contributed by atoms with Gasteiger partial charge in [-0.1, -0.05) is 0 Å². The molecule has 0 aliphatic heterocycles. The number of fused-ring (bicyclic) bond motifs is 1. The van der Waals surface area contributed by atoms with Gasteiger partial charge in [0, 0.05) is 29.5 Å². The molecule has 4 N–H and O–H groups in total. The van der Waals surface area contributed by atoms with Crippen LogP contribution in [0.4, 0.5) is 11.6 Å². The van der Waals surface area contributed by atoms with E-state index in [0.717, 1.165) is 22.0 Å². The van der Waals surface area contributed by atoms with Gasteiger partial charge in [-0.05, 0) is 30.0 Å². The predicted octanol–water partition coefficient (Wildman–Crippen LogP) is 2.31. The van der Waals surface area contributed by atoms with Crippen molar-refractivity contribution in [2.45, 2.75) is 6.42 Å². The van der Waals surface area contributed by atoms with Crippen LogP contribution in [0.25, 0.3) is 22.0 Å². The number of amides is 1. The van der Waals surface area contributed by atoms with Gasteiger partial charge >= 0.3 is 0 Å². The normalized spacial score (nSPS) is 19.0. The molecular weight excluding hydrogens is 304 g/mol. The zero-order valence-corrected chi connectivity index (χ0v) is 12.7. The molecule has 0 aromatic carbocycles. The van der Waals surface area contributed by atoms with Crippen LogP contribution in [0.3, 0.4) is 0 Å². The third-order valence-electron chi connectivity index (χ3n) is 4.18. The van der Waals surface area contributed by atoms with Crippen molar-refractivity contribution in [3.05, 3.63) is 36.8 Å². The number of aromatic amines is 1. The minimum absolute atomic E-state index is 0.165. The highest BCUT2D eigenvalue weighted by Gasteiger charge is 2.43. The molecule has 4 rings (SSSR count). The minimum Gasteiger partial charge on any atom is -0.383 e. The summed E-state index contributed by atoms with van der Waals surface area (Å²) in [6.07, 6.45) is 5.87. The average molecular weight is 318 g/mol. The zero-order valence-electron chi connectivity index (χ0n) is 12.7. The summed E-state index contributed by atoms with van der Waals surface area (Å²) in [7, 11) is 0. The van der Waals surface area contributed by atoms with Crippen LogP contribution in [-0.2, 0) is 4.79 Å². The quantitative estimate of drug-likeness (QED) is 0.684. The molecule has 7 nitrogen and oxygen atoms in total. The molecular formula is C17H14N6O. The van der Waals surface area contributed by atoms with E-state index in [0.29, 0.717) is 18.1 Å². The van der Waals surface area contributed by atoms with Crippen molar-refractivity contribution < 1.29 is 4.79 Å². The van der Waals surface area contributed by atoms with Gasteiger partial charge in [0.05, 0.1) is 23.6 Å². The summed E-state index contributed by atoms with van der Waals surface area (Å²) in [6, 6.07) is 7.69. The number of nitrogens with two attached hydrogens (primary N) is 1. The van der Waals surface area contributed by atoms with Crippen LogP contribution >= 0.6 is 0 Å². The van der Waals surface area contributed by atoms with Gasteiger partial charge in [-0.25, -0.2) is 9.97 Å². The molecule has 3 aromatic rings. The van der Waals surface area contributed by atoms with Gasteiger partial charge in [-0.2, -0.15) is 5.26 Å². The van der Waals surface area contributed by atoms with Gasteiger partial charge < -0.3 is 16.0 Å². The number of nitriles is 1. The first-order valence-corrected chi connectivity index (χ1v) is 7.55. The standard InChI is InChI=1S/C17H14N6O/c18-6-11-3-12(11)17(24)23-15-5-10-4-14(9-1-2-20-7-9)22-16(19)13(10)8-21-15/h1-2,4-5,7-8,11-12,20H,3H2,(H2,19,22)(H,21,23,24)/t11-,12?/m1/s1. The van der Waals surface area contributed by atoms with Crippen molar-refractivity contribution in [2.24, 2.45) is 11.8 Å². The lowest BCUT2D eigenvalue weighted by molar-refractivity contribution is -0.117. The Morgan fingerprint density at radius 3 is 3.04 bits per heavy atom. The number of rotatable bonds is 3. The van der Waals surface area contributed by atoms with Crippen molar-refractivity contribution in [3.8, 4) is 17.3 Å². The lowest BCUT2D eigenvalue weighted by Gasteiger charge is -2.08. The first-order valence-electron chi connectivity index (χ1n) is 7.55. The van der Waals surface area contributed by atoms with E-state index in [9.17, 15) is 4.79 Å². The molecule has 1 aliphatic carbocycles. The maximum absolute atomic E-state index is 12.1. The fourth-order valence-corrected chi connectivity index (χ4v) is 2.72. The number of hydrogen-bond acceptors (Lipinski definition) is 5. The van der Waals surface area contributed by atoms with Crippen molar-refractivity contribution >= 4 is 28.3 Å². The highest BCUT2D eigenvalue weighted by atomic mass is 16.2. The maximum Gasteiger partial charge on any atom is 0.230 e. The molecule has 118 valence electrons. The Morgan fingerprint density at radius 2 is 2.33 bits per heavy atom. The van der Waals surface area contributed by atoms with Crippen molar-refractivity contribution in [2.75, 3.05) is 11.1 Å². The van der Waals surface area contributed by atoms with Crippen LogP contribution in [0.15, 0.2) is 36.8 Å². The fourth-order valence-electron chi connectivity index (χ4n) is 2.72. The Hall–Kier alpha value is -3.40. The van der Waals surface area contributed by atoms with E-state index in [1.54, 1.807) is 12.3 Å². The average Bonchev–Trinajstić information content (AvgIpc) is 3.17. The Morgan fingerprint density at radius 1 is 1.46 bits per heavy atom. The number of anilines is 2. The number of nitrogen functional groups attached to an aromatic ring is 1. The second-order valence-electron chi connectivity index (χ2n) is 5.85. The topological polar surface area (TPSA) is 120 Å². The molecule has 3 heterocycles. The summed E-state index contributed by atoms with van der Waals surface area (Å²) in [5, 5.41) is 13.2. The highest BCUT2D eigenvalue weighted by Crippen LogP contribution is 2.38.